The molecule has 0 aliphatic rings. The minimum absolute atomic E-state index is 0.143. The Bertz CT molecular complexity index is 871. The normalized spacial score (nSPS) is 10.9. The zero-order valence-electron chi connectivity index (χ0n) is 12.7. The standard InChI is InChI=1S/C18H17ClN2O2/c1-21-11-13(16-10-15(22)5-6-17(16)21)7-8-20-18(23)12-3-2-4-14(19)9-12/h2-6,9-11,22H,7-8H2,1H3,(H,20,23). The smallest absolute Gasteiger partial charge is 0.251 e. The number of nitrogens with one attached hydrogen (secondary N) is 1. The number of aromatic nitrogens is 1. The van der Waals surface area contributed by atoms with Crippen LogP contribution in [0.15, 0.2) is 48.7 Å². The predicted octanol–water partition coefficient (Wildman–Crippen LogP) is 3.51. The number of phenols is 1. The SMILES string of the molecule is Cn1cc(CCNC(=O)c2cccc(Cl)c2)c2cc(O)ccc21. The molecule has 1 aromatic heterocycles. The van der Waals surface area contributed by atoms with Gasteiger partial charge in [-0.3, -0.25) is 4.79 Å². The van der Waals surface area contributed by atoms with Crippen molar-refractivity contribution < 1.29 is 9.90 Å². The number of fused-ring (bicyclic) bond motifs is 1. The fraction of sp³-hybridized carbons (Fsp3) is 0.167. The summed E-state index contributed by atoms with van der Waals surface area (Å²) < 4.78 is 2.02. The number of nitrogens with zero attached hydrogens (tertiary/aromatic N) is 1. The van der Waals surface area contributed by atoms with Crippen molar-refractivity contribution in [3.05, 3.63) is 64.8 Å². The van der Waals surface area contributed by atoms with Crippen molar-refractivity contribution in [1.82, 2.24) is 9.88 Å². The number of rotatable bonds is 4. The number of hydrogen-bond donors (Lipinski definition) is 2. The van der Waals surface area contributed by atoms with Gasteiger partial charge in [0.05, 0.1) is 0 Å². The Morgan fingerprint density at radius 3 is 2.87 bits per heavy atom. The fourth-order valence-corrected chi connectivity index (χ4v) is 2.89. The van der Waals surface area contributed by atoms with E-state index < -0.39 is 0 Å². The summed E-state index contributed by atoms with van der Waals surface area (Å²) in [6, 6.07) is 12.2. The van der Waals surface area contributed by atoms with E-state index in [4.69, 9.17) is 11.6 Å². The van der Waals surface area contributed by atoms with Crippen LogP contribution in [0.3, 0.4) is 0 Å². The van der Waals surface area contributed by atoms with E-state index in [-0.39, 0.29) is 11.7 Å². The third kappa shape index (κ3) is 3.32. The zero-order valence-corrected chi connectivity index (χ0v) is 13.5. The van der Waals surface area contributed by atoms with Crippen molar-refractivity contribution in [3.8, 4) is 5.75 Å². The number of halogens is 1. The van der Waals surface area contributed by atoms with E-state index >= 15 is 0 Å². The van der Waals surface area contributed by atoms with Crippen LogP contribution in [0.5, 0.6) is 5.75 Å². The van der Waals surface area contributed by atoms with Crippen LogP contribution in [0.1, 0.15) is 15.9 Å². The van der Waals surface area contributed by atoms with Gasteiger partial charge in [-0.2, -0.15) is 0 Å². The molecule has 0 unspecified atom stereocenters. The molecule has 3 rings (SSSR count). The molecule has 0 radical (unpaired) electrons. The quantitative estimate of drug-likeness (QED) is 0.770. The van der Waals surface area contributed by atoms with Crippen LogP contribution in [0.4, 0.5) is 0 Å². The van der Waals surface area contributed by atoms with Crippen molar-refractivity contribution in [3.63, 3.8) is 0 Å². The summed E-state index contributed by atoms with van der Waals surface area (Å²) in [5.74, 6) is 0.100. The first-order valence-electron chi connectivity index (χ1n) is 7.35. The summed E-state index contributed by atoms with van der Waals surface area (Å²) in [6.07, 6.45) is 2.71. The molecule has 0 atom stereocenters. The second-order valence-corrected chi connectivity index (χ2v) is 5.92. The fourth-order valence-electron chi connectivity index (χ4n) is 2.70. The van der Waals surface area contributed by atoms with Gasteiger partial charge in [0.15, 0.2) is 0 Å². The molecule has 0 bridgehead atoms. The van der Waals surface area contributed by atoms with E-state index in [9.17, 15) is 9.90 Å². The van der Waals surface area contributed by atoms with Crippen LogP contribution in [-0.2, 0) is 13.5 Å². The maximum Gasteiger partial charge on any atom is 0.251 e. The molecule has 5 heteroatoms. The van der Waals surface area contributed by atoms with E-state index in [1.54, 1.807) is 36.4 Å². The molecule has 2 N–H and O–H groups in total. The Kier molecular flexibility index (Phi) is 4.26. The first-order valence-corrected chi connectivity index (χ1v) is 7.73. The van der Waals surface area contributed by atoms with E-state index in [0.717, 1.165) is 16.5 Å². The van der Waals surface area contributed by atoms with Gasteiger partial charge in [0.2, 0.25) is 0 Å². The molecule has 0 saturated heterocycles. The lowest BCUT2D eigenvalue weighted by Gasteiger charge is -2.05. The molecule has 0 saturated carbocycles. The number of benzene rings is 2. The minimum atomic E-state index is -0.143. The van der Waals surface area contributed by atoms with E-state index in [1.165, 1.54) is 0 Å². The summed E-state index contributed by atoms with van der Waals surface area (Å²) in [5, 5.41) is 14.1. The summed E-state index contributed by atoms with van der Waals surface area (Å²) >= 11 is 5.90. The van der Waals surface area contributed by atoms with E-state index in [2.05, 4.69) is 5.32 Å². The molecule has 1 heterocycles. The van der Waals surface area contributed by atoms with Gasteiger partial charge in [0, 0.05) is 41.3 Å². The van der Waals surface area contributed by atoms with Crippen molar-refractivity contribution in [2.24, 2.45) is 7.05 Å². The first-order chi connectivity index (χ1) is 11.0. The maximum absolute atomic E-state index is 12.1. The first kappa shape index (κ1) is 15.4. The summed E-state index contributed by atoms with van der Waals surface area (Å²) in [7, 11) is 1.97. The topological polar surface area (TPSA) is 54.3 Å². The number of carbonyl (C=O) groups is 1. The van der Waals surface area contributed by atoms with Gasteiger partial charge < -0.3 is 15.0 Å². The Hall–Kier alpha value is -2.46. The molecular formula is C18H17ClN2O2. The number of hydrogen-bond acceptors (Lipinski definition) is 2. The summed E-state index contributed by atoms with van der Waals surface area (Å²) in [6.45, 7) is 0.514. The Morgan fingerprint density at radius 2 is 2.09 bits per heavy atom. The molecule has 2 aromatic carbocycles. The Labute approximate surface area is 139 Å². The highest BCUT2D eigenvalue weighted by atomic mass is 35.5. The van der Waals surface area contributed by atoms with Gasteiger partial charge in [-0.25, -0.2) is 0 Å². The largest absolute Gasteiger partial charge is 0.508 e. The minimum Gasteiger partial charge on any atom is -0.508 e. The predicted molar refractivity (Wildman–Crippen MR) is 92.1 cm³/mol. The number of aryl methyl sites for hydroxylation is 1. The zero-order chi connectivity index (χ0) is 16.4. The average Bonchev–Trinajstić information content (AvgIpc) is 2.83. The van der Waals surface area contributed by atoms with Crippen molar-refractivity contribution in [2.45, 2.75) is 6.42 Å². The maximum atomic E-state index is 12.1. The van der Waals surface area contributed by atoms with Crippen LogP contribution in [-0.4, -0.2) is 22.1 Å². The monoisotopic (exact) mass is 328 g/mol. The van der Waals surface area contributed by atoms with Crippen LogP contribution >= 0.6 is 11.6 Å². The lowest BCUT2D eigenvalue weighted by Crippen LogP contribution is -2.25. The van der Waals surface area contributed by atoms with Gasteiger partial charge in [0.25, 0.3) is 5.91 Å². The highest BCUT2D eigenvalue weighted by Crippen LogP contribution is 2.25. The van der Waals surface area contributed by atoms with E-state index in [1.807, 2.05) is 23.9 Å². The molecule has 4 nitrogen and oxygen atoms in total. The number of amides is 1. The molecule has 1 amide bonds. The van der Waals surface area contributed by atoms with Crippen LogP contribution in [0.2, 0.25) is 5.02 Å². The molecule has 3 aromatic rings. The second-order valence-electron chi connectivity index (χ2n) is 5.48. The molecule has 23 heavy (non-hydrogen) atoms. The Morgan fingerprint density at radius 1 is 1.26 bits per heavy atom. The molecular weight excluding hydrogens is 312 g/mol. The Balaban J connectivity index is 1.69. The molecule has 0 aliphatic carbocycles. The molecule has 0 spiro atoms. The van der Waals surface area contributed by atoms with Crippen LogP contribution in [0, 0.1) is 0 Å². The molecule has 118 valence electrons. The number of carbonyl (C=O) groups excluding carboxylic acids is 1. The lowest BCUT2D eigenvalue weighted by atomic mass is 10.1. The van der Waals surface area contributed by atoms with Crippen LogP contribution in [0.25, 0.3) is 10.9 Å². The van der Waals surface area contributed by atoms with Gasteiger partial charge in [-0.05, 0) is 48.4 Å². The van der Waals surface area contributed by atoms with Crippen molar-refractivity contribution in [2.75, 3.05) is 6.54 Å². The molecule has 0 fully saturated rings. The second kappa shape index (κ2) is 6.34. The number of phenolic OH excluding ortho intramolecular Hbond substituents is 1. The van der Waals surface area contributed by atoms with Gasteiger partial charge in [-0.15, -0.1) is 0 Å². The average molecular weight is 329 g/mol. The van der Waals surface area contributed by atoms with Crippen LogP contribution < -0.4 is 5.32 Å². The van der Waals surface area contributed by atoms with Crippen molar-refractivity contribution >= 4 is 28.4 Å². The highest BCUT2D eigenvalue weighted by Gasteiger charge is 2.09. The third-order valence-electron chi connectivity index (χ3n) is 3.82. The van der Waals surface area contributed by atoms with Crippen molar-refractivity contribution in [1.29, 1.82) is 0 Å². The third-order valence-corrected chi connectivity index (χ3v) is 4.06. The number of aromatic hydroxyl groups is 1. The van der Waals surface area contributed by atoms with Gasteiger partial charge in [-0.1, -0.05) is 17.7 Å². The highest BCUT2D eigenvalue weighted by molar-refractivity contribution is 6.30. The molecule has 0 aliphatic heterocycles. The lowest BCUT2D eigenvalue weighted by molar-refractivity contribution is 0.0954. The summed E-state index contributed by atoms with van der Waals surface area (Å²) in [4.78, 5) is 12.1. The van der Waals surface area contributed by atoms with Gasteiger partial charge in [0.1, 0.15) is 5.75 Å². The van der Waals surface area contributed by atoms with Gasteiger partial charge >= 0.3 is 0 Å². The van der Waals surface area contributed by atoms with E-state index in [0.29, 0.717) is 23.6 Å². The summed E-state index contributed by atoms with van der Waals surface area (Å²) in [5.41, 5.74) is 2.69.